The Morgan fingerprint density at radius 1 is 1.50 bits per heavy atom. The fourth-order valence-electron chi connectivity index (χ4n) is 0.356. The van der Waals surface area contributed by atoms with E-state index in [1.54, 1.807) is 6.08 Å². The van der Waals surface area contributed by atoms with Crippen LogP contribution in [0.15, 0.2) is 29.4 Å². The molecule has 1 heteroatoms. The van der Waals surface area contributed by atoms with Crippen LogP contribution in [0.2, 0.25) is 0 Å². The van der Waals surface area contributed by atoms with E-state index in [2.05, 4.69) is 25.4 Å². The number of rotatable bonds is 3. The maximum Gasteiger partial charge on any atom is 0.0366 e. The Morgan fingerprint density at radius 3 is 2.50 bits per heavy atom. The maximum atomic E-state index is 4.15. The van der Waals surface area contributed by atoms with Crippen LogP contribution < -0.4 is 0 Å². The van der Waals surface area contributed by atoms with Gasteiger partial charge in [0.1, 0.15) is 0 Å². The Balaban J connectivity index is 4.03. The third kappa shape index (κ3) is 4.07. The number of allylic oxidation sites excluding steroid dienone is 2. The molecule has 10 heavy (non-hydrogen) atoms. The monoisotopic (exact) mass is 137 g/mol. The van der Waals surface area contributed by atoms with Gasteiger partial charge in [0.2, 0.25) is 0 Å². The summed E-state index contributed by atoms with van der Waals surface area (Å²) in [6.07, 6.45) is 4.70. The first-order chi connectivity index (χ1) is 4.70. The van der Waals surface area contributed by atoms with Crippen molar-refractivity contribution in [2.75, 3.05) is 0 Å². The zero-order chi connectivity index (χ0) is 7.98. The van der Waals surface area contributed by atoms with Gasteiger partial charge in [-0.15, -0.1) is 0 Å². The first kappa shape index (κ1) is 9.15. The second-order valence-corrected chi connectivity index (χ2v) is 2.30. The van der Waals surface area contributed by atoms with Crippen molar-refractivity contribution < 1.29 is 0 Å². The van der Waals surface area contributed by atoms with Crippen LogP contribution in [0.5, 0.6) is 0 Å². The second kappa shape index (κ2) is 4.98. The van der Waals surface area contributed by atoms with Gasteiger partial charge < -0.3 is 0 Å². The van der Waals surface area contributed by atoms with Crippen molar-refractivity contribution >= 4 is 5.71 Å². The predicted molar refractivity (Wildman–Crippen MR) is 47.4 cm³/mol. The van der Waals surface area contributed by atoms with Crippen molar-refractivity contribution in [1.29, 1.82) is 0 Å². The summed E-state index contributed by atoms with van der Waals surface area (Å²) in [5.41, 5.74) is 2.26. The van der Waals surface area contributed by atoms with E-state index in [0.717, 1.165) is 12.1 Å². The predicted octanol–water partition coefficient (Wildman–Crippen LogP) is 2.95. The minimum Gasteiger partial charge on any atom is -0.262 e. The molecule has 0 bridgehead atoms. The van der Waals surface area contributed by atoms with E-state index >= 15 is 0 Å². The molecule has 0 spiro atoms. The molecule has 0 aliphatic rings. The second-order valence-electron chi connectivity index (χ2n) is 2.30. The van der Waals surface area contributed by atoms with E-state index in [4.69, 9.17) is 0 Å². The summed E-state index contributed by atoms with van der Waals surface area (Å²) in [7, 11) is 0. The Labute approximate surface area is 63.2 Å². The fraction of sp³-hybridized carbons (Fsp3) is 0.444. The van der Waals surface area contributed by atoms with E-state index in [1.807, 2.05) is 13.1 Å². The third-order valence-corrected chi connectivity index (χ3v) is 1.34. The van der Waals surface area contributed by atoms with Crippen molar-refractivity contribution in [2.45, 2.75) is 27.2 Å². The summed E-state index contributed by atoms with van der Waals surface area (Å²) in [5, 5.41) is 0. The van der Waals surface area contributed by atoms with Gasteiger partial charge in [0.25, 0.3) is 0 Å². The standard InChI is InChI=1S/C9H15N/c1-5-8(3)7-10-9(4)6-2/h6-7H,2,5H2,1,3-4H3/b8-7+,10-9?. The first-order valence-corrected chi connectivity index (χ1v) is 3.53. The largest absolute Gasteiger partial charge is 0.262 e. The summed E-state index contributed by atoms with van der Waals surface area (Å²) in [5.74, 6) is 0. The lowest BCUT2D eigenvalue weighted by Gasteiger charge is -1.90. The molecular weight excluding hydrogens is 122 g/mol. The van der Waals surface area contributed by atoms with Crippen molar-refractivity contribution in [1.82, 2.24) is 0 Å². The molecule has 0 aromatic carbocycles. The minimum absolute atomic E-state index is 0.966. The van der Waals surface area contributed by atoms with Gasteiger partial charge in [-0.1, -0.05) is 19.1 Å². The van der Waals surface area contributed by atoms with E-state index in [-0.39, 0.29) is 0 Å². The summed E-state index contributed by atoms with van der Waals surface area (Å²) >= 11 is 0. The molecular formula is C9H15N. The van der Waals surface area contributed by atoms with Crippen molar-refractivity contribution in [3.63, 3.8) is 0 Å². The van der Waals surface area contributed by atoms with E-state index in [0.29, 0.717) is 0 Å². The lowest BCUT2D eigenvalue weighted by atomic mass is 10.3. The van der Waals surface area contributed by atoms with Gasteiger partial charge in [0.05, 0.1) is 0 Å². The molecule has 0 rings (SSSR count). The Kier molecular flexibility index (Phi) is 4.55. The van der Waals surface area contributed by atoms with Gasteiger partial charge in [-0.3, -0.25) is 4.99 Å². The molecule has 0 aromatic rings. The highest BCUT2D eigenvalue weighted by molar-refractivity contribution is 5.92. The summed E-state index contributed by atoms with van der Waals surface area (Å²) < 4.78 is 0. The van der Waals surface area contributed by atoms with Gasteiger partial charge in [-0.25, -0.2) is 0 Å². The van der Waals surface area contributed by atoms with E-state index in [9.17, 15) is 0 Å². The average Bonchev–Trinajstić information content (AvgIpc) is 1.99. The van der Waals surface area contributed by atoms with Crippen molar-refractivity contribution in [3.05, 3.63) is 24.4 Å². The van der Waals surface area contributed by atoms with E-state index < -0.39 is 0 Å². The minimum atomic E-state index is 0.966. The first-order valence-electron chi connectivity index (χ1n) is 3.53. The Bertz CT molecular complexity index is 164. The molecule has 0 aromatic heterocycles. The van der Waals surface area contributed by atoms with Crippen LogP contribution in [-0.4, -0.2) is 5.71 Å². The third-order valence-electron chi connectivity index (χ3n) is 1.34. The van der Waals surface area contributed by atoms with Crippen LogP contribution in [-0.2, 0) is 0 Å². The van der Waals surface area contributed by atoms with Gasteiger partial charge in [-0.05, 0) is 26.3 Å². The molecule has 0 saturated heterocycles. The van der Waals surface area contributed by atoms with Crippen LogP contribution in [0, 0.1) is 0 Å². The van der Waals surface area contributed by atoms with Crippen LogP contribution >= 0.6 is 0 Å². The lowest BCUT2D eigenvalue weighted by Crippen LogP contribution is -1.80. The van der Waals surface area contributed by atoms with E-state index in [1.165, 1.54) is 5.57 Å². The quantitative estimate of drug-likeness (QED) is 0.530. The smallest absolute Gasteiger partial charge is 0.0366 e. The zero-order valence-corrected chi connectivity index (χ0v) is 7.02. The van der Waals surface area contributed by atoms with Crippen LogP contribution in [0.25, 0.3) is 0 Å². The highest BCUT2D eigenvalue weighted by atomic mass is 14.7. The molecule has 56 valence electrons. The fourth-order valence-corrected chi connectivity index (χ4v) is 0.356. The topological polar surface area (TPSA) is 12.4 Å². The SMILES string of the molecule is C=CC(C)=N/C=C(\C)CC. The van der Waals surface area contributed by atoms with Crippen LogP contribution in [0.1, 0.15) is 27.2 Å². The molecule has 0 aliphatic carbocycles. The lowest BCUT2D eigenvalue weighted by molar-refractivity contribution is 1.09. The molecule has 0 saturated carbocycles. The normalized spacial score (nSPS) is 13.5. The van der Waals surface area contributed by atoms with Crippen molar-refractivity contribution in [2.24, 2.45) is 4.99 Å². The van der Waals surface area contributed by atoms with Gasteiger partial charge in [0, 0.05) is 11.9 Å². The summed E-state index contributed by atoms with van der Waals surface area (Å²) in [4.78, 5) is 4.15. The van der Waals surface area contributed by atoms with Crippen LogP contribution in [0.4, 0.5) is 0 Å². The number of hydrogen-bond donors (Lipinski definition) is 0. The molecule has 0 fully saturated rings. The molecule has 1 nitrogen and oxygen atoms in total. The molecule has 0 radical (unpaired) electrons. The van der Waals surface area contributed by atoms with Crippen molar-refractivity contribution in [3.8, 4) is 0 Å². The number of nitrogens with zero attached hydrogens (tertiary/aromatic N) is 1. The summed E-state index contributed by atoms with van der Waals surface area (Å²) in [6.45, 7) is 9.73. The molecule has 0 N–H and O–H groups in total. The Hall–Kier alpha value is -0.850. The highest BCUT2D eigenvalue weighted by Gasteiger charge is 1.80. The summed E-state index contributed by atoms with van der Waals surface area (Å²) in [6, 6.07) is 0. The molecule has 0 atom stereocenters. The number of aliphatic imine (C=N–C) groups is 1. The molecule has 0 unspecified atom stereocenters. The zero-order valence-electron chi connectivity index (χ0n) is 7.02. The van der Waals surface area contributed by atoms with Gasteiger partial charge >= 0.3 is 0 Å². The molecule has 0 aliphatic heterocycles. The maximum absolute atomic E-state index is 4.15. The Morgan fingerprint density at radius 2 is 2.10 bits per heavy atom. The van der Waals surface area contributed by atoms with Gasteiger partial charge in [-0.2, -0.15) is 0 Å². The molecule has 0 heterocycles. The highest BCUT2D eigenvalue weighted by Crippen LogP contribution is 1.97. The number of hydrogen-bond acceptors (Lipinski definition) is 1. The van der Waals surface area contributed by atoms with Gasteiger partial charge in [0.15, 0.2) is 0 Å². The molecule has 0 amide bonds. The van der Waals surface area contributed by atoms with Crippen LogP contribution in [0.3, 0.4) is 0 Å². The average molecular weight is 137 g/mol.